The van der Waals surface area contributed by atoms with Crippen molar-refractivity contribution in [3.63, 3.8) is 0 Å². The molecule has 1 aromatic carbocycles. The molecule has 140 valence electrons. The van der Waals surface area contributed by atoms with Gasteiger partial charge in [0.05, 0.1) is 5.52 Å². The molecule has 0 atom stereocenters. The fourth-order valence-electron chi connectivity index (χ4n) is 4.08. The first-order valence-corrected chi connectivity index (χ1v) is 9.71. The average Bonchev–Trinajstić information content (AvgIpc) is 2.99. The van der Waals surface area contributed by atoms with E-state index in [4.69, 9.17) is 5.11 Å². The van der Waals surface area contributed by atoms with E-state index in [0.29, 0.717) is 0 Å². The minimum Gasteiger partial charge on any atom is -0.396 e. The maximum absolute atomic E-state index is 9.17. The molecule has 27 heavy (non-hydrogen) atoms. The van der Waals surface area contributed by atoms with Gasteiger partial charge in [0.2, 0.25) is 0 Å². The summed E-state index contributed by atoms with van der Waals surface area (Å²) in [6.45, 7) is 7.55. The number of hydrogen-bond acceptors (Lipinski definition) is 3. The van der Waals surface area contributed by atoms with Crippen LogP contribution in [0.15, 0.2) is 42.7 Å². The highest BCUT2D eigenvalue weighted by molar-refractivity contribution is 5.90. The fraction of sp³-hybridized carbons (Fsp3) is 0.348. The van der Waals surface area contributed by atoms with Gasteiger partial charge in [0.1, 0.15) is 0 Å². The van der Waals surface area contributed by atoms with Crippen molar-refractivity contribution in [1.82, 2.24) is 14.5 Å². The van der Waals surface area contributed by atoms with Crippen molar-refractivity contribution in [2.45, 2.75) is 33.2 Å². The van der Waals surface area contributed by atoms with Crippen LogP contribution in [-0.2, 0) is 13.0 Å². The van der Waals surface area contributed by atoms with Crippen molar-refractivity contribution in [3.05, 3.63) is 65.1 Å². The zero-order chi connectivity index (χ0) is 18.8. The summed E-state index contributed by atoms with van der Waals surface area (Å²) in [6, 6.07) is 10.9. The Balaban J connectivity index is 1.80. The smallest absolute Gasteiger partial charge is 0.0529 e. The van der Waals surface area contributed by atoms with E-state index in [9.17, 15) is 0 Å². The van der Waals surface area contributed by atoms with Crippen LogP contribution in [0, 0.1) is 6.92 Å². The van der Waals surface area contributed by atoms with Crippen LogP contribution in [0.25, 0.3) is 22.7 Å². The molecule has 0 saturated heterocycles. The van der Waals surface area contributed by atoms with E-state index in [0.717, 1.165) is 32.5 Å². The number of pyridine rings is 1. The molecule has 0 bridgehead atoms. The van der Waals surface area contributed by atoms with Crippen molar-refractivity contribution in [2.75, 3.05) is 19.7 Å². The molecule has 1 N–H and O–H groups in total. The van der Waals surface area contributed by atoms with E-state index in [-0.39, 0.29) is 6.61 Å². The van der Waals surface area contributed by atoms with Crippen molar-refractivity contribution in [2.24, 2.45) is 0 Å². The van der Waals surface area contributed by atoms with Crippen molar-refractivity contribution < 1.29 is 5.11 Å². The lowest BCUT2D eigenvalue weighted by Gasteiger charge is -2.27. The molecule has 3 aromatic rings. The molecule has 2 aromatic heterocycles. The molecule has 4 heteroatoms. The Hall–Kier alpha value is -2.43. The zero-order valence-electron chi connectivity index (χ0n) is 16.2. The van der Waals surface area contributed by atoms with E-state index in [1.807, 2.05) is 12.4 Å². The number of hydrogen-bond donors (Lipinski definition) is 1. The van der Waals surface area contributed by atoms with Crippen LogP contribution in [-0.4, -0.2) is 39.3 Å². The molecule has 4 rings (SSSR count). The topological polar surface area (TPSA) is 41.3 Å². The van der Waals surface area contributed by atoms with Crippen LogP contribution < -0.4 is 0 Å². The minimum atomic E-state index is 0.262. The molecule has 3 heterocycles. The van der Waals surface area contributed by atoms with E-state index >= 15 is 0 Å². The Bertz CT molecular complexity index is 972. The van der Waals surface area contributed by atoms with Gasteiger partial charge in [0, 0.05) is 62.3 Å². The van der Waals surface area contributed by atoms with Gasteiger partial charge in [0.25, 0.3) is 0 Å². The van der Waals surface area contributed by atoms with Gasteiger partial charge >= 0.3 is 0 Å². The van der Waals surface area contributed by atoms with Gasteiger partial charge in [-0.1, -0.05) is 11.6 Å². The Morgan fingerprint density at radius 2 is 2.04 bits per heavy atom. The number of allylic oxidation sites excluding steroid dienone is 1. The first-order valence-electron chi connectivity index (χ1n) is 9.71. The normalized spacial score (nSPS) is 15.3. The predicted molar refractivity (Wildman–Crippen MR) is 111 cm³/mol. The number of benzene rings is 1. The number of rotatable bonds is 5. The Morgan fingerprint density at radius 3 is 2.81 bits per heavy atom. The van der Waals surface area contributed by atoms with Crippen LogP contribution in [0.4, 0.5) is 0 Å². The number of nitrogens with zero attached hydrogens (tertiary/aromatic N) is 3. The lowest BCUT2D eigenvalue weighted by Crippen LogP contribution is -2.32. The van der Waals surface area contributed by atoms with Gasteiger partial charge in [-0.2, -0.15) is 0 Å². The average molecular weight is 361 g/mol. The fourth-order valence-corrected chi connectivity index (χ4v) is 4.08. The summed E-state index contributed by atoms with van der Waals surface area (Å²) < 4.78 is 2.39. The Kier molecular flexibility index (Phi) is 5.10. The van der Waals surface area contributed by atoms with Crippen LogP contribution >= 0.6 is 0 Å². The summed E-state index contributed by atoms with van der Waals surface area (Å²) in [5.41, 5.74) is 7.88. The van der Waals surface area contributed by atoms with Crippen molar-refractivity contribution in [3.8, 4) is 0 Å². The molecule has 0 fully saturated rings. The number of aryl methyl sites for hydroxylation is 1. The Labute approximate surface area is 160 Å². The molecule has 1 aliphatic heterocycles. The molecule has 1 aliphatic rings. The second-order valence-electron chi connectivity index (χ2n) is 7.47. The lowest BCUT2D eigenvalue weighted by atomic mass is 10.0. The van der Waals surface area contributed by atoms with Gasteiger partial charge in [-0.15, -0.1) is 0 Å². The van der Waals surface area contributed by atoms with Gasteiger partial charge in [-0.3, -0.25) is 9.88 Å². The molecular formula is C23H27N3O. The van der Waals surface area contributed by atoms with Crippen molar-refractivity contribution >= 4 is 22.7 Å². The van der Waals surface area contributed by atoms with Crippen LogP contribution in [0.1, 0.15) is 35.7 Å². The maximum Gasteiger partial charge on any atom is 0.0529 e. The molecule has 4 nitrogen and oxygen atoms in total. The number of aliphatic hydroxyl groups excluding tert-OH is 1. The SMILES string of the molecule is C/C(=C\n1c2c(c3cc(C)ccc31)CN(CCCO)CC2)c1ccncc1. The third-order valence-corrected chi connectivity index (χ3v) is 5.51. The van der Waals surface area contributed by atoms with Crippen LogP contribution in [0.3, 0.4) is 0 Å². The number of aliphatic hydroxyl groups is 1. The van der Waals surface area contributed by atoms with E-state index in [1.165, 1.54) is 38.9 Å². The molecule has 0 radical (unpaired) electrons. The van der Waals surface area contributed by atoms with Gasteiger partial charge in [-0.25, -0.2) is 0 Å². The third-order valence-electron chi connectivity index (χ3n) is 5.51. The lowest BCUT2D eigenvalue weighted by molar-refractivity contribution is 0.212. The second kappa shape index (κ2) is 7.67. The summed E-state index contributed by atoms with van der Waals surface area (Å²) in [4.78, 5) is 6.59. The largest absolute Gasteiger partial charge is 0.396 e. The quantitative estimate of drug-likeness (QED) is 0.744. The van der Waals surface area contributed by atoms with Gasteiger partial charge < -0.3 is 9.67 Å². The minimum absolute atomic E-state index is 0.262. The molecule has 0 spiro atoms. The molecular weight excluding hydrogens is 334 g/mol. The maximum atomic E-state index is 9.17. The Morgan fingerprint density at radius 1 is 1.22 bits per heavy atom. The highest BCUT2D eigenvalue weighted by Crippen LogP contribution is 2.33. The van der Waals surface area contributed by atoms with E-state index in [1.54, 1.807) is 0 Å². The van der Waals surface area contributed by atoms with Gasteiger partial charge in [-0.05, 0) is 61.2 Å². The summed E-state index contributed by atoms with van der Waals surface area (Å²) in [6.07, 6.45) is 7.84. The zero-order valence-corrected chi connectivity index (χ0v) is 16.2. The monoisotopic (exact) mass is 361 g/mol. The van der Waals surface area contributed by atoms with Crippen molar-refractivity contribution in [1.29, 1.82) is 0 Å². The first-order chi connectivity index (χ1) is 13.2. The molecule has 0 amide bonds. The standard InChI is InChI=1S/C23H27N3O/c1-17-4-5-22-20(14-17)21-16-25(11-3-13-27)12-8-23(21)26(22)15-18(2)19-6-9-24-10-7-19/h4-7,9-10,14-15,27H,3,8,11-13,16H2,1-2H3/b18-15+. The molecule has 0 unspecified atom stereocenters. The van der Waals surface area contributed by atoms with E-state index in [2.05, 4.69) is 64.8 Å². The second-order valence-corrected chi connectivity index (χ2v) is 7.47. The number of fused-ring (bicyclic) bond motifs is 3. The van der Waals surface area contributed by atoms with Gasteiger partial charge in [0.15, 0.2) is 0 Å². The molecule has 0 aliphatic carbocycles. The summed E-state index contributed by atoms with van der Waals surface area (Å²) >= 11 is 0. The number of aromatic nitrogens is 2. The first kappa shape index (κ1) is 18.0. The van der Waals surface area contributed by atoms with Crippen LogP contribution in [0.5, 0.6) is 0 Å². The summed E-state index contributed by atoms with van der Waals surface area (Å²) in [5.74, 6) is 0. The predicted octanol–water partition coefficient (Wildman–Crippen LogP) is 4.10. The van der Waals surface area contributed by atoms with Crippen LogP contribution in [0.2, 0.25) is 0 Å². The highest BCUT2D eigenvalue weighted by atomic mass is 16.3. The summed E-state index contributed by atoms with van der Waals surface area (Å²) in [5, 5.41) is 10.5. The highest BCUT2D eigenvalue weighted by Gasteiger charge is 2.23. The van der Waals surface area contributed by atoms with E-state index < -0.39 is 0 Å². The third kappa shape index (κ3) is 3.55. The summed E-state index contributed by atoms with van der Waals surface area (Å²) in [7, 11) is 0. The molecule has 0 saturated carbocycles.